The minimum atomic E-state index is 0.240. The molecule has 2 aliphatic heterocycles. The van der Waals surface area contributed by atoms with Gasteiger partial charge in [0.25, 0.3) is 0 Å². The number of hydrogen-bond acceptors (Lipinski definition) is 2. The summed E-state index contributed by atoms with van der Waals surface area (Å²) >= 11 is 0. The Bertz CT molecular complexity index is 181. The molecule has 0 aromatic carbocycles. The van der Waals surface area contributed by atoms with Gasteiger partial charge in [-0.05, 0) is 25.1 Å². The van der Waals surface area contributed by atoms with Crippen LogP contribution in [0, 0.1) is 5.92 Å². The summed E-state index contributed by atoms with van der Waals surface area (Å²) < 4.78 is 2.49. The maximum atomic E-state index is 4.07. The van der Waals surface area contributed by atoms with E-state index in [1.807, 2.05) is 0 Å². The van der Waals surface area contributed by atoms with Crippen molar-refractivity contribution < 1.29 is 0 Å². The summed E-state index contributed by atoms with van der Waals surface area (Å²) in [6.45, 7) is 3.76. The van der Waals surface area contributed by atoms with E-state index in [2.05, 4.69) is 21.7 Å². The Morgan fingerprint density at radius 1 is 1.64 bits per heavy atom. The highest BCUT2D eigenvalue weighted by molar-refractivity contribution is 8.11. The minimum absolute atomic E-state index is 0.240. The van der Waals surface area contributed by atoms with E-state index in [0.29, 0.717) is 0 Å². The number of rotatable bonds is 1. The molecule has 2 aliphatic rings. The monoisotopic (exact) mass is 172 g/mol. The summed E-state index contributed by atoms with van der Waals surface area (Å²) in [6.07, 6.45) is 3.59. The molecule has 0 bridgehead atoms. The minimum Gasteiger partial charge on any atom is -0.312 e. The van der Waals surface area contributed by atoms with Crippen molar-refractivity contribution in [2.75, 3.05) is 25.9 Å². The van der Waals surface area contributed by atoms with E-state index in [-0.39, 0.29) is 10.7 Å². The molecule has 0 radical (unpaired) electrons. The number of piperidine rings is 1. The van der Waals surface area contributed by atoms with Gasteiger partial charge in [-0.1, -0.05) is 5.87 Å². The number of hydrogen-bond donors (Lipinski definition) is 1. The third-order valence-electron chi connectivity index (χ3n) is 2.80. The second-order valence-corrected chi connectivity index (χ2v) is 5.27. The van der Waals surface area contributed by atoms with Gasteiger partial charge in [0.15, 0.2) is 0 Å². The summed E-state index contributed by atoms with van der Waals surface area (Å²) in [7, 11) is 0.240. The Kier molecular flexibility index (Phi) is 2.04. The van der Waals surface area contributed by atoms with Crippen LogP contribution in [-0.4, -0.2) is 42.1 Å². The van der Waals surface area contributed by atoms with Crippen LogP contribution in [0.2, 0.25) is 0 Å². The number of nitrogens with zero attached hydrogens (tertiary/aromatic N) is 1. The second-order valence-electron chi connectivity index (χ2n) is 3.55. The molecule has 2 fully saturated rings. The molecule has 2 heterocycles. The molecule has 3 unspecified atom stereocenters. The SMILES string of the molecule is C=S(C)N1CCC2CNC2C1. The van der Waals surface area contributed by atoms with Crippen LogP contribution >= 0.6 is 10.7 Å². The highest BCUT2D eigenvalue weighted by atomic mass is 32.2. The lowest BCUT2D eigenvalue weighted by molar-refractivity contribution is 0.139. The summed E-state index contributed by atoms with van der Waals surface area (Å²) in [5, 5.41) is 3.47. The maximum absolute atomic E-state index is 4.07. The largest absolute Gasteiger partial charge is 0.312 e. The predicted octanol–water partition coefficient (Wildman–Crippen LogP) is 0.526. The molecular weight excluding hydrogens is 156 g/mol. The van der Waals surface area contributed by atoms with Crippen LogP contribution in [0.3, 0.4) is 0 Å². The lowest BCUT2D eigenvalue weighted by Gasteiger charge is -2.46. The molecule has 1 N–H and O–H groups in total. The van der Waals surface area contributed by atoms with Gasteiger partial charge in [-0.3, -0.25) is 4.31 Å². The lowest BCUT2D eigenvalue weighted by atomic mass is 9.86. The van der Waals surface area contributed by atoms with Crippen molar-refractivity contribution in [1.82, 2.24) is 9.62 Å². The molecule has 0 amide bonds. The van der Waals surface area contributed by atoms with E-state index < -0.39 is 0 Å². The van der Waals surface area contributed by atoms with Crippen LogP contribution in [0.15, 0.2) is 0 Å². The van der Waals surface area contributed by atoms with Gasteiger partial charge in [-0.2, -0.15) is 0 Å². The Morgan fingerprint density at radius 2 is 2.45 bits per heavy atom. The zero-order valence-electron chi connectivity index (χ0n) is 7.05. The first-order valence-corrected chi connectivity index (χ1v) is 5.97. The van der Waals surface area contributed by atoms with Crippen LogP contribution < -0.4 is 5.32 Å². The highest BCUT2D eigenvalue weighted by Gasteiger charge is 2.35. The lowest BCUT2D eigenvalue weighted by Crippen LogP contribution is -2.61. The molecule has 2 nitrogen and oxygen atoms in total. The molecule has 2 saturated heterocycles. The molecule has 11 heavy (non-hydrogen) atoms. The number of fused-ring (bicyclic) bond motifs is 1. The summed E-state index contributed by atoms with van der Waals surface area (Å²) in [5.41, 5.74) is 0. The van der Waals surface area contributed by atoms with E-state index >= 15 is 0 Å². The van der Waals surface area contributed by atoms with Crippen LogP contribution in [0.1, 0.15) is 6.42 Å². The Morgan fingerprint density at radius 3 is 2.91 bits per heavy atom. The normalized spacial score (nSPS) is 40.8. The molecule has 0 saturated carbocycles. The van der Waals surface area contributed by atoms with Crippen molar-refractivity contribution in [2.45, 2.75) is 12.5 Å². The maximum Gasteiger partial charge on any atom is 0.0245 e. The van der Waals surface area contributed by atoms with E-state index in [1.54, 1.807) is 0 Å². The molecule has 0 spiro atoms. The molecule has 3 heteroatoms. The van der Waals surface area contributed by atoms with Gasteiger partial charge in [0.2, 0.25) is 0 Å². The van der Waals surface area contributed by atoms with Crippen molar-refractivity contribution >= 4 is 16.5 Å². The highest BCUT2D eigenvalue weighted by Crippen LogP contribution is 2.28. The van der Waals surface area contributed by atoms with Gasteiger partial charge < -0.3 is 5.32 Å². The average Bonchev–Trinajstić information content (AvgIpc) is 1.91. The summed E-state index contributed by atoms with van der Waals surface area (Å²) in [6, 6.07) is 0.792. The molecular formula is C8H16N2S. The van der Waals surface area contributed by atoms with Crippen molar-refractivity contribution in [1.29, 1.82) is 0 Å². The third kappa shape index (κ3) is 1.37. The molecule has 3 atom stereocenters. The molecule has 0 aliphatic carbocycles. The number of nitrogens with one attached hydrogen (secondary N) is 1. The smallest absolute Gasteiger partial charge is 0.0245 e. The molecule has 2 rings (SSSR count). The standard InChI is InChI=1S/C8H16N2S/c1-11(2)10-4-3-7-5-9-8(7)6-10/h7-9H,1,3-6H2,2H3. The fourth-order valence-electron chi connectivity index (χ4n) is 1.87. The van der Waals surface area contributed by atoms with Crippen molar-refractivity contribution in [3.05, 3.63) is 0 Å². The Labute approximate surface area is 71.0 Å². The predicted molar refractivity (Wildman–Crippen MR) is 52.1 cm³/mol. The molecule has 0 aromatic rings. The average molecular weight is 172 g/mol. The van der Waals surface area contributed by atoms with E-state index in [9.17, 15) is 0 Å². The molecule has 0 aromatic heterocycles. The van der Waals surface area contributed by atoms with Gasteiger partial charge in [0.1, 0.15) is 0 Å². The first kappa shape index (κ1) is 7.77. The molecule has 64 valence electrons. The van der Waals surface area contributed by atoms with Crippen molar-refractivity contribution in [3.8, 4) is 0 Å². The van der Waals surface area contributed by atoms with Gasteiger partial charge in [0, 0.05) is 19.1 Å². The second kappa shape index (κ2) is 2.88. The third-order valence-corrected chi connectivity index (χ3v) is 4.01. The van der Waals surface area contributed by atoms with Gasteiger partial charge >= 0.3 is 0 Å². The fraction of sp³-hybridized carbons (Fsp3) is 0.875. The zero-order chi connectivity index (χ0) is 7.84. The van der Waals surface area contributed by atoms with Gasteiger partial charge in [-0.15, -0.1) is 10.7 Å². The van der Waals surface area contributed by atoms with E-state index in [1.165, 1.54) is 26.1 Å². The Balaban J connectivity index is 1.93. The van der Waals surface area contributed by atoms with Gasteiger partial charge in [-0.25, -0.2) is 0 Å². The van der Waals surface area contributed by atoms with Gasteiger partial charge in [0.05, 0.1) is 0 Å². The summed E-state index contributed by atoms with van der Waals surface area (Å²) in [5.74, 6) is 5.05. The van der Waals surface area contributed by atoms with Crippen LogP contribution in [0.5, 0.6) is 0 Å². The summed E-state index contributed by atoms with van der Waals surface area (Å²) in [4.78, 5) is 0. The van der Waals surface area contributed by atoms with Crippen molar-refractivity contribution in [2.24, 2.45) is 5.92 Å². The van der Waals surface area contributed by atoms with E-state index in [0.717, 1.165) is 12.0 Å². The topological polar surface area (TPSA) is 15.3 Å². The first-order chi connectivity index (χ1) is 5.27. The van der Waals surface area contributed by atoms with Crippen LogP contribution in [0.4, 0.5) is 0 Å². The first-order valence-electron chi connectivity index (χ1n) is 4.21. The van der Waals surface area contributed by atoms with Crippen LogP contribution in [0.25, 0.3) is 0 Å². The van der Waals surface area contributed by atoms with Crippen LogP contribution in [-0.2, 0) is 0 Å². The van der Waals surface area contributed by atoms with E-state index in [4.69, 9.17) is 0 Å². The zero-order valence-corrected chi connectivity index (χ0v) is 7.86. The van der Waals surface area contributed by atoms with Crippen molar-refractivity contribution in [3.63, 3.8) is 0 Å². The quantitative estimate of drug-likeness (QED) is 0.580. The fourth-order valence-corrected chi connectivity index (χ4v) is 2.70. The Hall–Kier alpha value is 0.140.